The van der Waals surface area contributed by atoms with Crippen molar-refractivity contribution in [1.82, 2.24) is 9.21 Å². The van der Waals surface area contributed by atoms with Crippen molar-refractivity contribution in [3.63, 3.8) is 0 Å². The van der Waals surface area contributed by atoms with Gasteiger partial charge in [0.15, 0.2) is 0 Å². The van der Waals surface area contributed by atoms with Gasteiger partial charge in [-0.05, 0) is 17.7 Å². The van der Waals surface area contributed by atoms with Crippen LogP contribution in [0, 0.1) is 15.9 Å². The topological polar surface area (TPSA) is 83.8 Å². The van der Waals surface area contributed by atoms with Crippen molar-refractivity contribution in [2.45, 2.75) is 12.3 Å². The number of benzene rings is 2. The normalized spacial score (nSPS) is 16.2. The second-order valence-corrected chi connectivity index (χ2v) is 8.93. The second kappa shape index (κ2) is 8.52. The number of hydrogen-bond acceptors (Lipinski definition) is 5. The van der Waals surface area contributed by atoms with Crippen LogP contribution in [0.15, 0.2) is 42.5 Å². The first-order chi connectivity index (χ1) is 13.3. The minimum Gasteiger partial charge on any atom is -0.296 e. The molecule has 10 heteroatoms. The standard InChI is InChI=1S/C18H19ClFN3O4S/c19-17-2-1-3-18(20)16(17)12-21-8-10-22(11-9-21)28(26,27)13-14-4-6-15(7-5-14)23(24)25/h1-7H,8-13H2. The first-order valence-electron chi connectivity index (χ1n) is 8.62. The van der Waals surface area contributed by atoms with E-state index in [2.05, 4.69) is 0 Å². The molecule has 28 heavy (non-hydrogen) atoms. The van der Waals surface area contributed by atoms with Gasteiger partial charge in [0.05, 0.1) is 10.7 Å². The van der Waals surface area contributed by atoms with Crippen LogP contribution < -0.4 is 0 Å². The number of nitro benzene ring substituents is 1. The predicted molar refractivity (Wildman–Crippen MR) is 104 cm³/mol. The Labute approximate surface area is 167 Å². The molecule has 1 aliphatic heterocycles. The van der Waals surface area contributed by atoms with Crippen LogP contribution in [0.3, 0.4) is 0 Å². The molecule has 0 unspecified atom stereocenters. The molecule has 0 radical (unpaired) electrons. The molecule has 0 atom stereocenters. The highest BCUT2D eigenvalue weighted by atomic mass is 35.5. The maximum atomic E-state index is 13.9. The number of nitro groups is 1. The maximum absolute atomic E-state index is 13.9. The molecule has 0 aromatic heterocycles. The number of rotatable bonds is 6. The molecule has 0 aliphatic carbocycles. The molecular weight excluding hydrogens is 409 g/mol. The van der Waals surface area contributed by atoms with E-state index in [1.807, 2.05) is 4.90 Å². The monoisotopic (exact) mass is 427 g/mol. The first kappa shape index (κ1) is 20.7. The Kier molecular flexibility index (Phi) is 6.29. The van der Waals surface area contributed by atoms with Crippen molar-refractivity contribution in [2.75, 3.05) is 26.2 Å². The number of piperazine rings is 1. The van der Waals surface area contributed by atoms with Crippen LogP contribution in [0.4, 0.5) is 10.1 Å². The predicted octanol–water partition coefficient (Wildman–Crippen LogP) is 3.03. The van der Waals surface area contributed by atoms with Crippen molar-refractivity contribution in [2.24, 2.45) is 0 Å². The van der Waals surface area contributed by atoms with Gasteiger partial charge in [0.2, 0.25) is 10.0 Å². The van der Waals surface area contributed by atoms with E-state index >= 15 is 0 Å². The van der Waals surface area contributed by atoms with Gasteiger partial charge in [-0.25, -0.2) is 12.8 Å². The van der Waals surface area contributed by atoms with E-state index in [4.69, 9.17) is 11.6 Å². The van der Waals surface area contributed by atoms with Crippen molar-refractivity contribution < 1.29 is 17.7 Å². The fourth-order valence-corrected chi connectivity index (χ4v) is 4.83. The van der Waals surface area contributed by atoms with Gasteiger partial charge >= 0.3 is 0 Å². The van der Waals surface area contributed by atoms with Gasteiger partial charge in [0, 0.05) is 55.4 Å². The minimum atomic E-state index is -3.55. The summed E-state index contributed by atoms with van der Waals surface area (Å²) < 4.78 is 40.6. The molecule has 1 aliphatic rings. The van der Waals surface area contributed by atoms with Crippen LogP contribution >= 0.6 is 11.6 Å². The first-order valence-corrected chi connectivity index (χ1v) is 10.6. The highest BCUT2D eigenvalue weighted by Crippen LogP contribution is 2.22. The average Bonchev–Trinajstić information content (AvgIpc) is 2.65. The molecule has 0 amide bonds. The zero-order valence-electron chi connectivity index (χ0n) is 14.9. The SMILES string of the molecule is O=[N+]([O-])c1ccc(CS(=O)(=O)N2CCN(Cc3c(F)cccc3Cl)CC2)cc1. The Balaban J connectivity index is 1.59. The largest absolute Gasteiger partial charge is 0.296 e. The van der Waals surface area contributed by atoms with E-state index in [0.717, 1.165) is 0 Å². The van der Waals surface area contributed by atoms with E-state index in [0.29, 0.717) is 48.9 Å². The molecule has 7 nitrogen and oxygen atoms in total. The summed E-state index contributed by atoms with van der Waals surface area (Å²) in [7, 11) is -3.55. The molecular formula is C18H19ClFN3O4S. The third-order valence-electron chi connectivity index (χ3n) is 4.66. The lowest BCUT2D eigenvalue weighted by Crippen LogP contribution is -2.48. The van der Waals surface area contributed by atoms with Crippen molar-refractivity contribution >= 4 is 27.3 Å². The number of non-ortho nitro benzene ring substituents is 1. The van der Waals surface area contributed by atoms with Gasteiger partial charge in [-0.3, -0.25) is 15.0 Å². The van der Waals surface area contributed by atoms with Crippen molar-refractivity contribution in [3.05, 3.63) is 74.5 Å². The number of nitrogens with zero attached hydrogens (tertiary/aromatic N) is 3. The van der Waals surface area contributed by atoms with Crippen LogP contribution in [-0.4, -0.2) is 48.7 Å². The smallest absolute Gasteiger partial charge is 0.269 e. The van der Waals surface area contributed by atoms with Crippen LogP contribution in [0.2, 0.25) is 5.02 Å². The summed E-state index contributed by atoms with van der Waals surface area (Å²) in [6, 6.07) is 10.0. The quantitative estimate of drug-likeness (QED) is 0.522. The van der Waals surface area contributed by atoms with Crippen molar-refractivity contribution in [1.29, 1.82) is 0 Å². The summed E-state index contributed by atoms with van der Waals surface area (Å²) in [5.41, 5.74) is 0.819. The van der Waals surface area contributed by atoms with E-state index in [9.17, 15) is 22.9 Å². The fraction of sp³-hybridized carbons (Fsp3) is 0.333. The molecule has 0 bridgehead atoms. The Bertz CT molecular complexity index is 941. The van der Waals surface area contributed by atoms with Crippen molar-refractivity contribution in [3.8, 4) is 0 Å². The fourth-order valence-electron chi connectivity index (χ4n) is 3.09. The summed E-state index contributed by atoms with van der Waals surface area (Å²) in [4.78, 5) is 12.1. The van der Waals surface area contributed by atoms with Gasteiger partial charge in [-0.2, -0.15) is 4.31 Å². The average molecular weight is 428 g/mol. The summed E-state index contributed by atoms with van der Waals surface area (Å²) in [6.45, 7) is 1.83. The number of halogens is 2. The van der Waals surface area contributed by atoms with Crippen LogP contribution in [-0.2, 0) is 22.3 Å². The molecule has 1 fully saturated rings. The molecule has 150 valence electrons. The van der Waals surface area contributed by atoms with Crippen LogP contribution in [0.5, 0.6) is 0 Å². The Hall–Kier alpha value is -2.07. The summed E-state index contributed by atoms with van der Waals surface area (Å²) in [6.07, 6.45) is 0. The highest BCUT2D eigenvalue weighted by molar-refractivity contribution is 7.88. The molecule has 0 spiro atoms. The Morgan fingerprint density at radius 3 is 2.29 bits per heavy atom. The van der Waals surface area contributed by atoms with E-state index in [1.54, 1.807) is 12.1 Å². The zero-order valence-corrected chi connectivity index (χ0v) is 16.5. The van der Waals surface area contributed by atoms with E-state index in [-0.39, 0.29) is 17.3 Å². The van der Waals surface area contributed by atoms with Crippen LogP contribution in [0.1, 0.15) is 11.1 Å². The maximum Gasteiger partial charge on any atom is 0.269 e. The summed E-state index contributed by atoms with van der Waals surface area (Å²) in [5, 5.41) is 11.0. The zero-order chi connectivity index (χ0) is 20.3. The lowest BCUT2D eigenvalue weighted by Gasteiger charge is -2.34. The van der Waals surface area contributed by atoms with Gasteiger partial charge in [-0.1, -0.05) is 29.8 Å². The van der Waals surface area contributed by atoms with Crippen LogP contribution in [0.25, 0.3) is 0 Å². The molecule has 0 N–H and O–H groups in total. The number of sulfonamides is 1. The highest BCUT2D eigenvalue weighted by Gasteiger charge is 2.28. The molecule has 1 saturated heterocycles. The molecule has 1 heterocycles. The van der Waals surface area contributed by atoms with E-state index < -0.39 is 14.9 Å². The van der Waals surface area contributed by atoms with Gasteiger partial charge in [-0.15, -0.1) is 0 Å². The third kappa shape index (κ3) is 4.85. The molecule has 2 aromatic carbocycles. The second-order valence-electron chi connectivity index (χ2n) is 6.56. The molecule has 0 saturated carbocycles. The van der Waals surface area contributed by atoms with Gasteiger partial charge in [0.25, 0.3) is 5.69 Å². The summed E-state index contributed by atoms with van der Waals surface area (Å²) >= 11 is 6.06. The lowest BCUT2D eigenvalue weighted by atomic mass is 10.2. The Morgan fingerprint density at radius 2 is 1.71 bits per heavy atom. The lowest BCUT2D eigenvalue weighted by molar-refractivity contribution is -0.384. The molecule has 3 rings (SSSR count). The third-order valence-corrected chi connectivity index (χ3v) is 6.87. The van der Waals surface area contributed by atoms with Gasteiger partial charge < -0.3 is 0 Å². The number of hydrogen-bond donors (Lipinski definition) is 0. The molecule has 2 aromatic rings. The Morgan fingerprint density at radius 1 is 1.07 bits per heavy atom. The van der Waals surface area contributed by atoms with Gasteiger partial charge in [0.1, 0.15) is 5.82 Å². The summed E-state index contributed by atoms with van der Waals surface area (Å²) in [5.74, 6) is -0.592. The van der Waals surface area contributed by atoms with E-state index in [1.165, 1.54) is 34.6 Å². The minimum absolute atomic E-state index is 0.0819.